The first kappa shape index (κ1) is 14.6. The Kier molecular flexibility index (Phi) is 4.05. The maximum atomic E-state index is 10.5. The van der Waals surface area contributed by atoms with Crippen molar-refractivity contribution in [3.8, 4) is 0 Å². The maximum absolute atomic E-state index is 10.5. The number of aliphatic hydroxyl groups is 1. The summed E-state index contributed by atoms with van der Waals surface area (Å²) in [6.07, 6.45) is 1.29. The summed E-state index contributed by atoms with van der Waals surface area (Å²) in [5.41, 5.74) is 3.13. The van der Waals surface area contributed by atoms with Crippen molar-refractivity contribution in [2.45, 2.75) is 45.3 Å². The Hall–Kier alpha value is -1.32. The molecular weight excluding hydrogens is 284 g/mol. The second kappa shape index (κ2) is 5.82. The SMILES string of the molecule is CCn1nc(C)c(Cl)c1CC(O)C1CC1c1ccccc1. The van der Waals surface area contributed by atoms with E-state index in [1.54, 1.807) is 0 Å². The highest BCUT2D eigenvalue weighted by molar-refractivity contribution is 6.31. The van der Waals surface area contributed by atoms with Gasteiger partial charge in [0.15, 0.2) is 0 Å². The molecule has 0 aliphatic heterocycles. The first-order valence-electron chi connectivity index (χ1n) is 7.56. The molecule has 112 valence electrons. The summed E-state index contributed by atoms with van der Waals surface area (Å²) in [7, 11) is 0. The van der Waals surface area contributed by atoms with Crippen LogP contribution in [0.2, 0.25) is 5.02 Å². The van der Waals surface area contributed by atoms with E-state index in [4.69, 9.17) is 11.6 Å². The quantitative estimate of drug-likeness (QED) is 0.917. The highest BCUT2D eigenvalue weighted by Gasteiger charge is 2.43. The molecule has 2 aromatic rings. The highest BCUT2D eigenvalue weighted by Crippen LogP contribution is 2.50. The number of hydrogen-bond donors (Lipinski definition) is 1. The summed E-state index contributed by atoms with van der Waals surface area (Å²) in [4.78, 5) is 0. The molecule has 0 amide bonds. The third kappa shape index (κ3) is 2.85. The average Bonchev–Trinajstić information content (AvgIpc) is 3.26. The zero-order chi connectivity index (χ0) is 15.0. The molecule has 3 rings (SSSR count). The van der Waals surface area contributed by atoms with Crippen LogP contribution in [0.15, 0.2) is 30.3 Å². The zero-order valence-electron chi connectivity index (χ0n) is 12.5. The maximum Gasteiger partial charge on any atom is 0.0848 e. The summed E-state index contributed by atoms with van der Waals surface area (Å²) in [6, 6.07) is 10.4. The second-order valence-electron chi connectivity index (χ2n) is 5.85. The van der Waals surface area contributed by atoms with Crippen LogP contribution in [0.25, 0.3) is 0 Å². The van der Waals surface area contributed by atoms with Crippen molar-refractivity contribution >= 4 is 11.6 Å². The van der Waals surface area contributed by atoms with E-state index in [2.05, 4.69) is 29.4 Å². The van der Waals surface area contributed by atoms with Crippen LogP contribution in [-0.2, 0) is 13.0 Å². The van der Waals surface area contributed by atoms with E-state index in [-0.39, 0.29) is 6.10 Å². The third-order valence-corrected chi connectivity index (χ3v) is 4.91. The summed E-state index contributed by atoms with van der Waals surface area (Å²) >= 11 is 6.32. The van der Waals surface area contributed by atoms with Gasteiger partial charge in [0.25, 0.3) is 0 Å². The number of rotatable bonds is 5. The molecule has 1 aromatic carbocycles. The van der Waals surface area contributed by atoms with E-state index in [0.717, 1.165) is 24.4 Å². The van der Waals surface area contributed by atoms with Gasteiger partial charge in [-0.1, -0.05) is 41.9 Å². The molecule has 1 aliphatic rings. The van der Waals surface area contributed by atoms with Crippen molar-refractivity contribution in [1.82, 2.24) is 9.78 Å². The molecule has 3 atom stereocenters. The molecule has 1 saturated carbocycles. The minimum absolute atomic E-state index is 0.337. The molecule has 3 nitrogen and oxygen atoms in total. The fraction of sp³-hybridized carbons (Fsp3) is 0.471. The van der Waals surface area contributed by atoms with Gasteiger partial charge in [0.1, 0.15) is 0 Å². The van der Waals surface area contributed by atoms with Crippen molar-refractivity contribution in [3.63, 3.8) is 0 Å². The monoisotopic (exact) mass is 304 g/mol. The van der Waals surface area contributed by atoms with Crippen molar-refractivity contribution < 1.29 is 5.11 Å². The number of aryl methyl sites for hydroxylation is 2. The fourth-order valence-corrected chi connectivity index (χ4v) is 3.35. The second-order valence-corrected chi connectivity index (χ2v) is 6.23. The van der Waals surface area contributed by atoms with Gasteiger partial charge in [-0.3, -0.25) is 4.68 Å². The summed E-state index contributed by atoms with van der Waals surface area (Å²) in [5.74, 6) is 0.822. The first-order valence-corrected chi connectivity index (χ1v) is 7.94. The van der Waals surface area contributed by atoms with Gasteiger partial charge in [-0.25, -0.2) is 0 Å². The van der Waals surface area contributed by atoms with Crippen LogP contribution in [-0.4, -0.2) is 21.0 Å². The van der Waals surface area contributed by atoms with Gasteiger partial charge in [0.2, 0.25) is 0 Å². The molecule has 0 bridgehead atoms. The Balaban J connectivity index is 1.70. The molecule has 1 aromatic heterocycles. The third-order valence-electron chi connectivity index (χ3n) is 4.42. The van der Waals surface area contributed by atoms with E-state index in [9.17, 15) is 5.11 Å². The lowest BCUT2D eigenvalue weighted by molar-refractivity contribution is 0.146. The number of aliphatic hydroxyl groups excluding tert-OH is 1. The minimum Gasteiger partial charge on any atom is -0.392 e. The minimum atomic E-state index is -0.353. The average molecular weight is 305 g/mol. The Morgan fingerprint density at radius 2 is 2.10 bits per heavy atom. The van der Waals surface area contributed by atoms with Crippen LogP contribution in [0.3, 0.4) is 0 Å². The van der Waals surface area contributed by atoms with E-state index in [1.165, 1.54) is 5.56 Å². The van der Waals surface area contributed by atoms with Gasteiger partial charge in [0.05, 0.1) is 22.5 Å². The standard InChI is InChI=1S/C17H21ClN2O/c1-3-20-15(17(18)11(2)19-20)10-16(21)14-9-13(14)12-7-5-4-6-8-12/h4-8,13-14,16,21H,3,9-10H2,1-2H3. The van der Waals surface area contributed by atoms with E-state index < -0.39 is 0 Å². The van der Waals surface area contributed by atoms with Crippen LogP contribution in [0.5, 0.6) is 0 Å². The largest absolute Gasteiger partial charge is 0.392 e. The molecule has 21 heavy (non-hydrogen) atoms. The van der Waals surface area contributed by atoms with Crippen LogP contribution in [0.4, 0.5) is 0 Å². The fourth-order valence-electron chi connectivity index (χ4n) is 3.14. The number of nitrogens with zero attached hydrogens (tertiary/aromatic N) is 2. The Morgan fingerprint density at radius 1 is 1.38 bits per heavy atom. The smallest absolute Gasteiger partial charge is 0.0848 e. The van der Waals surface area contributed by atoms with Crippen LogP contribution in [0, 0.1) is 12.8 Å². The first-order chi connectivity index (χ1) is 10.1. The van der Waals surface area contributed by atoms with Crippen molar-refractivity contribution in [1.29, 1.82) is 0 Å². The lowest BCUT2D eigenvalue weighted by Crippen LogP contribution is -2.17. The van der Waals surface area contributed by atoms with Gasteiger partial charge >= 0.3 is 0 Å². The van der Waals surface area contributed by atoms with Gasteiger partial charge in [-0.15, -0.1) is 0 Å². The zero-order valence-corrected chi connectivity index (χ0v) is 13.2. The number of hydrogen-bond acceptors (Lipinski definition) is 2. The van der Waals surface area contributed by atoms with Crippen LogP contribution >= 0.6 is 11.6 Å². The predicted octanol–water partition coefficient (Wildman–Crippen LogP) is 3.57. The molecule has 0 radical (unpaired) electrons. The lowest BCUT2D eigenvalue weighted by atomic mass is 10.0. The van der Waals surface area contributed by atoms with Gasteiger partial charge < -0.3 is 5.11 Å². The Labute approximate surface area is 130 Å². The van der Waals surface area contributed by atoms with Crippen molar-refractivity contribution in [2.75, 3.05) is 0 Å². The van der Waals surface area contributed by atoms with Crippen molar-refractivity contribution in [3.05, 3.63) is 52.3 Å². The number of aromatic nitrogens is 2. The summed E-state index contributed by atoms with van der Waals surface area (Å²) in [5, 5.41) is 15.6. The number of halogens is 1. The molecule has 1 aliphatic carbocycles. The summed E-state index contributed by atoms with van der Waals surface area (Å²) in [6.45, 7) is 4.74. The highest BCUT2D eigenvalue weighted by atomic mass is 35.5. The van der Waals surface area contributed by atoms with Gasteiger partial charge in [-0.2, -0.15) is 5.10 Å². The Morgan fingerprint density at radius 3 is 2.76 bits per heavy atom. The normalized spacial score (nSPS) is 22.3. The van der Waals surface area contributed by atoms with Crippen molar-refractivity contribution in [2.24, 2.45) is 5.92 Å². The predicted molar refractivity (Wildman–Crippen MR) is 84.6 cm³/mol. The molecule has 1 fully saturated rings. The van der Waals surface area contributed by atoms with E-state index in [1.807, 2.05) is 24.6 Å². The molecular formula is C17H21ClN2O. The molecule has 3 unspecified atom stereocenters. The molecule has 4 heteroatoms. The topological polar surface area (TPSA) is 38.0 Å². The molecule has 1 heterocycles. The number of benzene rings is 1. The molecule has 1 N–H and O–H groups in total. The van der Waals surface area contributed by atoms with E-state index >= 15 is 0 Å². The molecule has 0 spiro atoms. The van der Waals surface area contributed by atoms with Gasteiger partial charge in [-0.05, 0) is 37.7 Å². The summed E-state index contributed by atoms with van der Waals surface area (Å²) < 4.78 is 1.90. The van der Waals surface area contributed by atoms with Gasteiger partial charge in [0, 0.05) is 13.0 Å². The van der Waals surface area contributed by atoms with Crippen LogP contribution < -0.4 is 0 Å². The lowest BCUT2D eigenvalue weighted by Gasteiger charge is -2.12. The molecule has 0 saturated heterocycles. The van der Waals surface area contributed by atoms with E-state index in [0.29, 0.717) is 23.3 Å². The van der Waals surface area contributed by atoms with Crippen LogP contribution in [0.1, 0.15) is 36.2 Å². The Bertz CT molecular complexity index is 623.